The SMILES string of the molecule is O=C1NC2(CCCC2)C(=O)N1CC1CSc2ccccc21. The average Bonchev–Trinajstić information content (AvgIpc) is 3.16. The summed E-state index contributed by atoms with van der Waals surface area (Å²) in [7, 11) is 0. The Balaban J connectivity index is 1.56. The highest BCUT2D eigenvalue weighted by Crippen LogP contribution is 2.41. The minimum Gasteiger partial charge on any atom is -0.323 e. The van der Waals surface area contributed by atoms with Crippen molar-refractivity contribution in [3.8, 4) is 0 Å². The molecule has 1 aromatic rings. The number of nitrogens with zero attached hydrogens (tertiary/aromatic N) is 1. The number of amides is 3. The third-order valence-corrected chi connectivity index (χ3v) is 6.16. The van der Waals surface area contributed by atoms with Gasteiger partial charge >= 0.3 is 6.03 Å². The molecule has 2 aliphatic heterocycles. The van der Waals surface area contributed by atoms with Gasteiger partial charge < -0.3 is 5.32 Å². The predicted octanol–water partition coefficient (Wildman–Crippen LogP) is 2.74. The maximum absolute atomic E-state index is 12.7. The molecule has 21 heavy (non-hydrogen) atoms. The molecule has 3 aliphatic rings. The summed E-state index contributed by atoms with van der Waals surface area (Å²) in [5.74, 6) is 1.21. The van der Waals surface area contributed by atoms with Gasteiger partial charge in [-0.15, -0.1) is 11.8 Å². The van der Waals surface area contributed by atoms with Crippen LogP contribution < -0.4 is 5.32 Å². The van der Waals surface area contributed by atoms with Crippen LogP contribution in [-0.2, 0) is 4.79 Å². The number of carbonyl (C=O) groups excluding carboxylic acids is 2. The molecule has 4 nitrogen and oxygen atoms in total. The molecule has 2 heterocycles. The van der Waals surface area contributed by atoms with E-state index in [0.29, 0.717) is 6.54 Å². The third-order valence-electron chi connectivity index (χ3n) is 4.90. The molecular formula is C16H18N2O2S. The number of nitrogens with one attached hydrogen (secondary N) is 1. The van der Waals surface area contributed by atoms with E-state index in [9.17, 15) is 9.59 Å². The van der Waals surface area contributed by atoms with E-state index in [1.54, 1.807) is 0 Å². The second-order valence-electron chi connectivity index (χ2n) is 6.18. The van der Waals surface area contributed by atoms with E-state index in [1.165, 1.54) is 15.4 Å². The van der Waals surface area contributed by atoms with E-state index in [0.717, 1.165) is 31.4 Å². The highest BCUT2D eigenvalue weighted by Gasteiger charge is 2.52. The third kappa shape index (κ3) is 1.98. The molecule has 1 saturated carbocycles. The van der Waals surface area contributed by atoms with Crippen molar-refractivity contribution >= 4 is 23.7 Å². The first-order valence-electron chi connectivity index (χ1n) is 7.55. The van der Waals surface area contributed by atoms with Crippen LogP contribution in [0.2, 0.25) is 0 Å². The summed E-state index contributed by atoms with van der Waals surface area (Å²) in [4.78, 5) is 27.6. The fraction of sp³-hybridized carbons (Fsp3) is 0.500. The number of hydrogen-bond acceptors (Lipinski definition) is 3. The number of carbonyl (C=O) groups is 2. The first-order chi connectivity index (χ1) is 10.2. The van der Waals surface area contributed by atoms with Gasteiger partial charge in [-0.25, -0.2) is 4.79 Å². The number of rotatable bonds is 2. The van der Waals surface area contributed by atoms with Crippen molar-refractivity contribution in [2.75, 3.05) is 12.3 Å². The molecule has 1 aliphatic carbocycles. The Morgan fingerprint density at radius 1 is 1.24 bits per heavy atom. The zero-order chi connectivity index (χ0) is 14.4. The Morgan fingerprint density at radius 2 is 2.00 bits per heavy atom. The van der Waals surface area contributed by atoms with E-state index >= 15 is 0 Å². The summed E-state index contributed by atoms with van der Waals surface area (Å²) in [6.07, 6.45) is 3.65. The standard InChI is InChI=1S/C16H18N2O2S/c19-14-16(7-3-4-8-16)17-15(20)18(14)9-11-10-21-13-6-2-1-5-12(11)13/h1-2,5-6,11H,3-4,7-10H2,(H,17,20). The molecule has 2 fully saturated rings. The molecular weight excluding hydrogens is 284 g/mol. The number of benzene rings is 1. The van der Waals surface area contributed by atoms with E-state index in [4.69, 9.17) is 0 Å². The van der Waals surface area contributed by atoms with Gasteiger partial charge in [0.25, 0.3) is 5.91 Å². The van der Waals surface area contributed by atoms with Crippen LogP contribution in [0.5, 0.6) is 0 Å². The molecule has 1 saturated heterocycles. The van der Waals surface area contributed by atoms with Gasteiger partial charge in [-0.05, 0) is 24.5 Å². The second-order valence-corrected chi connectivity index (χ2v) is 7.24. The zero-order valence-corrected chi connectivity index (χ0v) is 12.6. The van der Waals surface area contributed by atoms with Crippen molar-refractivity contribution in [2.45, 2.75) is 42.0 Å². The van der Waals surface area contributed by atoms with E-state index in [2.05, 4.69) is 17.4 Å². The summed E-state index contributed by atoms with van der Waals surface area (Å²) in [6.45, 7) is 0.510. The Kier molecular flexibility index (Phi) is 2.99. The Hall–Kier alpha value is -1.49. The van der Waals surface area contributed by atoms with E-state index in [1.807, 2.05) is 23.9 Å². The van der Waals surface area contributed by atoms with Gasteiger partial charge in [0.2, 0.25) is 0 Å². The van der Waals surface area contributed by atoms with Gasteiger partial charge in [0.1, 0.15) is 5.54 Å². The van der Waals surface area contributed by atoms with Crippen LogP contribution in [0.25, 0.3) is 0 Å². The highest BCUT2D eigenvalue weighted by atomic mass is 32.2. The summed E-state index contributed by atoms with van der Waals surface area (Å²) in [5, 5.41) is 2.96. The molecule has 1 N–H and O–H groups in total. The largest absolute Gasteiger partial charge is 0.325 e. The van der Waals surface area contributed by atoms with Gasteiger partial charge in [-0.1, -0.05) is 31.0 Å². The number of thioether (sulfide) groups is 1. The van der Waals surface area contributed by atoms with Crippen LogP contribution in [-0.4, -0.2) is 34.7 Å². The monoisotopic (exact) mass is 302 g/mol. The summed E-state index contributed by atoms with van der Waals surface area (Å²) in [5.41, 5.74) is 0.693. The molecule has 0 bridgehead atoms. The van der Waals surface area contributed by atoms with Gasteiger partial charge in [-0.3, -0.25) is 9.69 Å². The van der Waals surface area contributed by atoms with Crippen molar-refractivity contribution in [3.05, 3.63) is 29.8 Å². The molecule has 5 heteroatoms. The normalized spacial score (nSPS) is 26.5. The molecule has 0 radical (unpaired) electrons. The maximum Gasteiger partial charge on any atom is 0.325 e. The molecule has 4 rings (SSSR count). The summed E-state index contributed by atoms with van der Waals surface area (Å²) in [6, 6.07) is 8.10. The van der Waals surface area contributed by atoms with Crippen molar-refractivity contribution in [1.82, 2.24) is 10.2 Å². The fourth-order valence-corrected chi connectivity index (χ4v) is 5.00. The van der Waals surface area contributed by atoms with Crippen molar-refractivity contribution in [1.29, 1.82) is 0 Å². The fourth-order valence-electron chi connectivity index (χ4n) is 3.76. The van der Waals surface area contributed by atoms with Crippen molar-refractivity contribution in [2.24, 2.45) is 0 Å². The van der Waals surface area contributed by atoms with Crippen molar-refractivity contribution < 1.29 is 9.59 Å². The van der Waals surface area contributed by atoms with Crippen molar-refractivity contribution in [3.63, 3.8) is 0 Å². The van der Waals surface area contributed by atoms with Crippen LogP contribution in [0.4, 0.5) is 4.79 Å². The molecule has 0 aromatic heterocycles. The van der Waals surface area contributed by atoms with E-state index < -0.39 is 5.54 Å². The van der Waals surface area contributed by atoms with Crippen LogP contribution in [0, 0.1) is 0 Å². The zero-order valence-electron chi connectivity index (χ0n) is 11.8. The summed E-state index contributed by atoms with van der Waals surface area (Å²) < 4.78 is 0. The van der Waals surface area contributed by atoms with Crippen LogP contribution in [0.15, 0.2) is 29.2 Å². The Bertz CT molecular complexity index is 610. The van der Waals surface area contributed by atoms with Gasteiger partial charge in [0, 0.05) is 23.1 Å². The minimum absolute atomic E-state index is 0.000573. The maximum atomic E-state index is 12.7. The van der Waals surface area contributed by atoms with Crippen LogP contribution >= 0.6 is 11.8 Å². The Morgan fingerprint density at radius 3 is 2.81 bits per heavy atom. The van der Waals surface area contributed by atoms with Crippen LogP contribution in [0.1, 0.15) is 37.2 Å². The minimum atomic E-state index is -0.581. The van der Waals surface area contributed by atoms with Crippen LogP contribution in [0.3, 0.4) is 0 Å². The van der Waals surface area contributed by atoms with Gasteiger partial charge in [0.05, 0.1) is 0 Å². The highest BCUT2D eigenvalue weighted by molar-refractivity contribution is 7.99. The predicted molar refractivity (Wildman–Crippen MR) is 81.4 cm³/mol. The second kappa shape index (κ2) is 4.77. The number of urea groups is 1. The van der Waals surface area contributed by atoms with Gasteiger partial charge in [0.15, 0.2) is 0 Å². The number of hydrogen-bond donors (Lipinski definition) is 1. The number of imide groups is 1. The lowest BCUT2D eigenvalue weighted by atomic mass is 9.97. The molecule has 1 spiro atoms. The molecule has 1 unspecified atom stereocenters. The number of fused-ring (bicyclic) bond motifs is 1. The van der Waals surface area contributed by atoms with Gasteiger partial charge in [-0.2, -0.15) is 0 Å². The first kappa shape index (κ1) is 13.2. The first-order valence-corrected chi connectivity index (χ1v) is 8.54. The topological polar surface area (TPSA) is 49.4 Å². The lowest BCUT2D eigenvalue weighted by Gasteiger charge is -2.21. The molecule has 110 valence electrons. The lowest BCUT2D eigenvalue weighted by Crippen LogP contribution is -2.44. The van der Waals surface area contributed by atoms with E-state index in [-0.39, 0.29) is 17.9 Å². The molecule has 1 aromatic carbocycles. The quantitative estimate of drug-likeness (QED) is 0.855. The molecule has 1 atom stereocenters. The molecule has 3 amide bonds. The lowest BCUT2D eigenvalue weighted by molar-refractivity contribution is -0.131. The summed E-state index contributed by atoms with van der Waals surface area (Å²) >= 11 is 1.82. The smallest absolute Gasteiger partial charge is 0.323 e. The average molecular weight is 302 g/mol. The Labute approximate surface area is 128 Å².